The van der Waals surface area contributed by atoms with Crippen LogP contribution in [-0.2, 0) is 22.6 Å². The van der Waals surface area contributed by atoms with E-state index in [9.17, 15) is 9.59 Å². The van der Waals surface area contributed by atoms with Crippen molar-refractivity contribution < 1.29 is 9.59 Å². The van der Waals surface area contributed by atoms with Gasteiger partial charge in [-0.2, -0.15) is 0 Å². The van der Waals surface area contributed by atoms with Gasteiger partial charge in [0.25, 0.3) is 0 Å². The first-order valence-electron chi connectivity index (χ1n) is 10.1. The molecule has 0 aliphatic carbocycles. The number of carbonyl (C=O) groups excluding carboxylic acids is 2. The number of aromatic nitrogens is 2. The standard InChI is InChI=1S/C25H21N3O2/c1-2-27-14-13-26-25(27)18-7-10-19(11-8-18)28-23-12-9-17-5-3-4-6-21(17)22(23)15-20(29)16-24(28)30/h3-14H,2,15-16H2,1H3. The molecule has 0 radical (unpaired) electrons. The number of aryl methyl sites for hydroxylation is 1. The van der Waals surface area contributed by atoms with E-state index in [1.54, 1.807) is 11.1 Å². The first-order valence-corrected chi connectivity index (χ1v) is 10.1. The Balaban J connectivity index is 1.63. The second-order valence-corrected chi connectivity index (χ2v) is 7.49. The predicted molar refractivity (Wildman–Crippen MR) is 118 cm³/mol. The van der Waals surface area contributed by atoms with Gasteiger partial charge in [0.1, 0.15) is 11.6 Å². The van der Waals surface area contributed by atoms with Gasteiger partial charge in [-0.3, -0.25) is 14.5 Å². The maximum absolute atomic E-state index is 13.0. The lowest BCUT2D eigenvalue weighted by atomic mass is 9.98. The van der Waals surface area contributed by atoms with E-state index < -0.39 is 0 Å². The Kier molecular flexibility index (Phi) is 4.43. The minimum Gasteiger partial charge on any atom is -0.331 e. The third-order valence-corrected chi connectivity index (χ3v) is 5.67. The fourth-order valence-corrected chi connectivity index (χ4v) is 4.23. The van der Waals surface area contributed by atoms with Crippen LogP contribution in [0, 0.1) is 0 Å². The van der Waals surface area contributed by atoms with Crippen molar-refractivity contribution in [1.82, 2.24) is 9.55 Å². The maximum Gasteiger partial charge on any atom is 0.239 e. The van der Waals surface area contributed by atoms with E-state index in [0.29, 0.717) is 0 Å². The molecule has 5 heteroatoms. The van der Waals surface area contributed by atoms with Gasteiger partial charge < -0.3 is 4.57 Å². The summed E-state index contributed by atoms with van der Waals surface area (Å²) in [5.41, 5.74) is 3.44. The van der Waals surface area contributed by atoms with Gasteiger partial charge in [0.2, 0.25) is 5.91 Å². The Morgan fingerprint density at radius 3 is 2.53 bits per heavy atom. The number of hydrogen-bond acceptors (Lipinski definition) is 3. The molecule has 1 amide bonds. The molecule has 0 spiro atoms. The number of imidazole rings is 1. The summed E-state index contributed by atoms with van der Waals surface area (Å²) in [5, 5.41) is 2.09. The molecule has 0 N–H and O–H groups in total. The SMILES string of the molecule is CCn1ccnc1-c1ccc(N2C(=O)CC(=O)Cc3c2ccc2ccccc32)cc1. The van der Waals surface area contributed by atoms with Crippen molar-refractivity contribution in [2.75, 3.05) is 4.90 Å². The highest BCUT2D eigenvalue weighted by Gasteiger charge is 2.28. The van der Waals surface area contributed by atoms with Crippen LogP contribution < -0.4 is 4.90 Å². The van der Waals surface area contributed by atoms with Crippen molar-refractivity contribution >= 4 is 33.8 Å². The average Bonchev–Trinajstić information content (AvgIpc) is 3.19. The topological polar surface area (TPSA) is 55.2 Å². The Morgan fingerprint density at radius 2 is 1.73 bits per heavy atom. The predicted octanol–water partition coefficient (Wildman–Crippen LogP) is 4.90. The molecule has 1 aromatic heterocycles. The molecule has 1 aliphatic rings. The summed E-state index contributed by atoms with van der Waals surface area (Å²) >= 11 is 0. The summed E-state index contributed by atoms with van der Waals surface area (Å²) in [6.45, 7) is 2.91. The first kappa shape index (κ1) is 18.3. The zero-order valence-corrected chi connectivity index (χ0v) is 16.7. The highest BCUT2D eigenvalue weighted by Crippen LogP contribution is 2.37. The van der Waals surface area contributed by atoms with Crippen LogP contribution in [0.5, 0.6) is 0 Å². The third kappa shape index (κ3) is 2.99. The van der Waals surface area contributed by atoms with Crippen LogP contribution >= 0.6 is 0 Å². The van der Waals surface area contributed by atoms with E-state index in [-0.39, 0.29) is 24.5 Å². The van der Waals surface area contributed by atoms with Crippen LogP contribution in [0.4, 0.5) is 11.4 Å². The van der Waals surface area contributed by atoms with Crippen molar-refractivity contribution in [1.29, 1.82) is 0 Å². The van der Waals surface area contributed by atoms with Gasteiger partial charge in [-0.15, -0.1) is 0 Å². The molecule has 148 valence electrons. The lowest BCUT2D eigenvalue weighted by molar-refractivity contribution is -0.125. The molecule has 4 aromatic rings. The normalized spacial score (nSPS) is 14.1. The summed E-state index contributed by atoms with van der Waals surface area (Å²) in [6, 6.07) is 19.8. The average molecular weight is 395 g/mol. The summed E-state index contributed by atoms with van der Waals surface area (Å²) in [4.78, 5) is 31.7. The van der Waals surface area contributed by atoms with Crippen molar-refractivity contribution in [3.05, 3.63) is 78.6 Å². The van der Waals surface area contributed by atoms with E-state index in [2.05, 4.69) is 16.5 Å². The molecular weight excluding hydrogens is 374 g/mol. The van der Waals surface area contributed by atoms with Gasteiger partial charge in [-0.1, -0.05) is 30.3 Å². The van der Waals surface area contributed by atoms with Crippen molar-refractivity contribution in [2.24, 2.45) is 0 Å². The molecule has 0 atom stereocenters. The molecule has 0 unspecified atom stereocenters. The number of ketones is 1. The number of anilines is 2. The molecule has 0 saturated carbocycles. The van der Waals surface area contributed by atoms with Crippen LogP contribution in [0.25, 0.3) is 22.2 Å². The van der Waals surface area contributed by atoms with Crippen LogP contribution in [0.3, 0.4) is 0 Å². The van der Waals surface area contributed by atoms with E-state index in [1.807, 2.05) is 66.9 Å². The van der Waals surface area contributed by atoms with Crippen molar-refractivity contribution in [3.8, 4) is 11.4 Å². The van der Waals surface area contributed by atoms with Crippen LogP contribution in [0.1, 0.15) is 18.9 Å². The van der Waals surface area contributed by atoms with Gasteiger partial charge in [0.05, 0.1) is 12.1 Å². The second kappa shape index (κ2) is 7.26. The Hall–Kier alpha value is -3.73. The Labute approximate surface area is 174 Å². The smallest absolute Gasteiger partial charge is 0.239 e. The number of nitrogens with zero attached hydrogens (tertiary/aromatic N) is 3. The fraction of sp³-hybridized carbons (Fsp3) is 0.160. The molecule has 1 aliphatic heterocycles. The minimum atomic E-state index is -0.197. The van der Waals surface area contributed by atoms with Gasteiger partial charge in [0.15, 0.2) is 0 Å². The number of amides is 1. The second-order valence-electron chi connectivity index (χ2n) is 7.49. The molecule has 0 saturated heterocycles. The van der Waals surface area contributed by atoms with Gasteiger partial charge in [-0.05, 0) is 53.6 Å². The molecule has 30 heavy (non-hydrogen) atoms. The molecule has 3 aromatic carbocycles. The number of hydrogen-bond donors (Lipinski definition) is 0. The Bertz CT molecular complexity index is 1270. The molecule has 0 fully saturated rings. The molecule has 2 heterocycles. The molecule has 5 rings (SSSR count). The zero-order chi connectivity index (χ0) is 20.7. The molecule has 5 nitrogen and oxygen atoms in total. The number of carbonyl (C=O) groups is 2. The third-order valence-electron chi connectivity index (χ3n) is 5.67. The van der Waals surface area contributed by atoms with Crippen molar-refractivity contribution in [3.63, 3.8) is 0 Å². The van der Waals surface area contributed by atoms with Gasteiger partial charge >= 0.3 is 0 Å². The lowest BCUT2D eigenvalue weighted by Gasteiger charge is -2.24. The van der Waals surface area contributed by atoms with Crippen LogP contribution in [0.2, 0.25) is 0 Å². The summed E-state index contributed by atoms with van der Waals surface area (Å²) in [6.07, 6.45) is 3.92. The quantitative estimate of drug-likeness (QED) is 0.464. The van der Waals surface area contributed by atoms with E-state index in [4.69, 9.17) is 0 Å². The number of rotatable bonds is 3. The molecular formula is C25H21N3O2. The van der Waals surface area contributed by atoms with Crippen LogP contribution in [0.15, 0.2) is 73.1 Å². The zero-order valence-electron chi connectivity index (χ0n) is 16.7. The fourth-order valence-electron chi connectivity index (χ4n) is 4.23. The van der Waals surface area contributed by atoms with E-state index in [0.717, 1.165) is 45.6 Å². The number of fused-ring (bicyclic) bond motifs is 3. The monoisotopic (exact) mass is 395 g/mol. The first-order chi connectivity index (χ1) is 14.7. The van der Waals surface area contributed by atoms with Crippen molar-refractivity contribution in [2.45, 2.75) is 26.3 Å². The van der Waals surface area contributed by atoms with E-state index >= 15 is 0 Å². The highest BCUT2D eigenvalue weighted by atomic mass is 16.2. The maximum atomic E-state index is 13.0. The minimum absolute atomic E-state index is 0.0540. The number of Topliss-reactive ketones (excluding diaryl/α,β-unsaturated/α-hetero) is 1. The largest absolute Gasteiger partial charge is 0.331 e. The van der Waals surface area contributed by atoms with E-state index in [1.165, 1.54) is 0 Å². The number of benzene rings is 3. The van der Waals surface area contributed by atoms with Crippen LogP contribution in [-0.4, -0.2) is 21.2 Å². The molecule has 0 bridgehead atoms. The lowest BCUT2D eigenvalue weighted by Crippen LogP contribution is -2.26. The Morgan fingerprint density at radius 1 is 0.933 bits per heavy atom. The summed E-state index contributed by atoms with van der Waals surface area (Å²) in [7, 11) is 0. The van der Waals surface area contributed by atoms with Gasteiger partial charge in [0, 0.05) is 36.6 Å². The summed E-state index contributed by atoms with van der Waals surface area (Å²) in [5.74, 6) is 0.645. The van der Waals surface area contributed by atoms with Gasteiger partial charge in [-0.25, -0.2) is 4.98 Å². The summed E-state index contributed by atoms with van der Waals surface area (Å²) < 4.78 is 2.08. The highest BCUT2D eigenvalue weighted by molar-refractivity contribution is 6.14.